The van der Waals surface area contributed by atoms with E-state index in [1.54, 1.807) is 0 Å². The molecule has 1 radical (unpaired) electrons. The Kier molecular flexibility index (Phi) is 5.97. The molecule has 0 aliphatic heterocycles. The monoisotopic (exact) mass is 394 g/mol. The summed E-state index contributed by atoms with van der Waals surface area (Å²) in [5.41, 5.74) is -1.95. The highest BCUT2D eigenvalue weighted by Crippen LogP contribution is 2.52. The maximum absolute atomic E-state index is 14.0. The van der Waals surface area contributed by atoms with Gasteiger partial charge in [-0.2, -0.15) is 26.3 Å². The highest BCUT2D eigenvalue weighted by Gasteiger charge is 2.78. The van der Waals surface area contributed by atoms with Crippen molar-refractivity contribution < 1.29 is 40.3 Å². The lowest BCUT2D eigenvalue weighted by Crippen LogP contribution is -2.65. The quantitative estimate of drug-likeness (QED) is 0.264. The fourth-order valence-corrected chi connectivity index (χ4v) is 4.32. The van der Waals surface area contributed by atoms with Gasteiger partial charge in [0.25, 0.3) is 0 Å². The molecule has 1 aromatic carbocycles. The van der Waals surface area contributed by atoms with E-state index in [1.807, 2.05) is 0 Å². The van der Waals surface area contributed by atoms with Crippen LogP contribution in [0.5, 0.6) is 0 Å². The zero-order valence-corrected chi connectivity index (χ0v) is 14.4. The molecule has 0 aliphatic carbocycles. The van der Waals surface area contributed by atoms with E-state index in [9.17, 15) is 40.3 Å². The Labute approximate surface area is 140 Å². The summed E-state index contributed by atoms with van der Waals surface area (Å²) in [6, 6.07) is 0.520. The summed E-state index contributed by atoms with van der Waals surface area (Å²) in [4.78, 5) is 0. The third kappa shape index (κ3) is 3.82. The van der Waals surface area contributed by atoms with Crippen LogP contribution in [-0.4, -0.2) is 37.5 Å². The second kappa shape index (κ2) is 6.84. The zero-order chi connectivity index (χ0) is 19.8. The Morgan fingerprint density at radius 1 is 0.920 bits per heavy atom. The number of hydroxylamine groups is 2. The molecule has 0 saturated heterocycles. The van der Waals surface area contributed by atoms with Crippen LogP contribution in [0.3, 0.4) is 0 Å². The van der Waals surface area contributed by atoms with Crippen molar-refractivity contribution >= 4 is 8.07 Å². The standard InChI is InChI=1S/C14H16F8NOSi/c1-25(2,3)10(9-7-5-4-6-8-9)23(24)14(21,22)13(19,20)12(17,18)11(15)16/h4-8,10-11H,1-3H3. The predicted octanol–water partition coefficient (Wildman–Crippen LogP) is 5.38. The highest BCUT2D eigenvalue weighted by molar-refractivity contribution is 6.77. The average Bonchev–Trinajstić information content (AvgIpc) is 2.46. The Bertz CT molecular complexity index is 576. The van der Waals surface area contributed by atoms with Gasteiger partial charge in [-0.25, -0.2) is 8.78 Å². The largest absolute Gasteiger partial charge is 0.397 e. The van der Waals surface area contributed by atoms with E-state index < -0.39 is 43.1 Å². The maximum atomic E-state index is 14.0. The summed E-state index contributed by atoms with van der Waals surface area (Å²) >= 11 is 0. The molecule has 0 saturated carbocycles. The molecular weight excluding hydrogens is 378 g/mol. The molecule has 1 rings (SSSR count). The number of halogens is 8. The van der Waals surface area contributed by atoms with Crippen LogP contribution in [0.25, 0.3) is 0 Å². The van der Waals surface area contributed by atoms with Crippen molar-refractivity contribution in [1.82, 2.24) is 5.06 Å². The number of hydrogen-bond donors (Lipinski definition) is 0. The van der Waals surface area contributed by atoms with Crippen LogP contribution < -0.4 is 0 Å². The average molecular weight is 394 g/mol. The van der Waals surface area contributed by atoms with Crippen molar-refractivity contribution in [1.29, 1.82) is 0 Å². The molecule has 0 aromatic heterocycles. The third-order valence-electron chi connectivity index (χ3n) is 3.52. The summed E-state index contributed by atoms with van der Waals surface area (Å²) in [6.45, 7) is 4.15. The van der Waals surface area contributed by atoms with Gasteiger partial charge in [0.2, 0.25) is 0 Å². The molecule has 2 nitrogen and oxygen atoms in total. The van der Waals surface area contributed by atoms with Crippen molar-refractivity contribution in [2.75, 3.05) is 0 Å². The summed E-state index contributed by atoms with van der Waals surface area (Å²) in [5.74, 6) is -12.9. The minimum atomic E-state index is -6.57. The molecule has 1 aromatic rings. The molecule has 0 spiro atoms. The molecule has 0 heterocycles. The normalized spacial score (nSPS) is 15.8. The second-order valence-electron chi connectivity index (χ2n) is 6.54. The topological polar surface area (TPSA) is 23.1 Å². The van der Waals surface area contributed by atoms with Gasteiger partial charge in [-0.3, -0.25) is 0 Å². The Morgan fingerprint density at radius 2 is 1.36 bits per heavy atom. The van der Waals surface area contributed by atoms with E-state index in [0.717, 1.165) is 0 Å². The Balaban J connectivity index is 3.43. The highest BCUT2D eigenvalue weighted by atomic mass is 28.3. The van der Waals surface area contributed by atoms with E-state index in [2.05, 4.69) is 0 Å². The lowest BCUT2D eigenvalue weighted by atomic mass is 10.1. The van der Waals surface area contributed by atoms with E-state index in [4.69, 9.17) is 0 Å². The maximum Gasteiger partial charge on any atom is 0.397 e. The van der Waals surface area contributed by atoms with Crippen molar-refractivity contribution in [3.8, 4) is 0 Å². The van der Waals surface area contributed by atoms with E-state index in [0.29, 0.717) is 0 Å². The van der Waals surface area contributed by atoms with Gasteiger partial charge in [0.1, 0.15) is 0 Å². The molecule has 11 heteroatoms. The second-order valence-corrected chi connectivity index (χ2v) is 11.8. The molecule has 25 heavy (non-hydrogen) atoms. The smallest absolute Gasteiger partial charge is 0.203 e. The number of benzene rings is 1. The van der Waals surface area contributed by atoms with E-state index in [-0.39, 0.29) is 5.56 Å². The fourth-order valence-electron chi connectivity index (χ4n) is 2.26. The van der Waals surface area contributed by atoms with Crippen LogP contribution in [0.4, 0.5) is 35.1 Å². The summed E-state index contributed by atoms with van der Waals surface area (Å²) < 4.78 is 105. The molecule has 0 amide bonds. The van der Waals surface area contributed by atoms with Crippen LogP contribution >= 0.6 is 0 Å². The SMILES string of the molecule is C[Si](C)(C)C(c1ccccc1)N([O])C(F)(F)C(F)(F)C(F)(F)C(F)F. The van der Waals surface area contributed by atoms with Gasteiger partial charge in [-0.1, -0.05) is 55.0 Å². The lowest BCUT2D eigenvalue weighted by Gasteiger charge is -2.41. The Hall–Kier alpha value is -1.20. The molecule has 1 atom stereocenters. The summed E-state index contributed by atoms with van der Waals surface area (Å²) in [5, 5.41) is 10.6. The first-order valence-corrected chi connectivity index (χ1v) is 10.6. The molecule has 143 valence electrons. The molecular formula is C14H16F8NOSi. The lowest BCUT2D eigenvalue weighted by molar-refractivity contribution is -0.439. The number of nitrogens with zero attached hydrogens (tertiary/aromatic N) is 1. The van der Waals surface area contributed by atoms with Crippen molar-refractivity contribution in [2.45, 2.75) is 49.6 Å². The van der Waals surface area contributed by atoms with Gasteiger partial charge in [-0.05, 0) is 5.56 Å². The third-order valence-corrected chi connectivity index (χ3v) is 5.73. The molecule has 0 N–H and O–H groups in total. The summed E-state index contributed by atoms with van der Waals surface area (Å²) in [7, 11) is -3.00. The molecule has 0 fully saturated rings. The van der Waals surface area contributed by atoms with Gasteiger partial charge in [0, 0.05) is 0 Å². The van der Waals surface area contributed by atoms with Crippen molar-refractivity contribution in [3.63, 3.8) is 0 Å². The van der Waals surface area contributed by atoms with E-state index >= 15 is 0 Å². The fraction of sp³-hybridized carbons (Fsp3) is 0.571. The molecule has 0 aliphatic rings. The number of alkyl halides is 8. The van der Waals surface area contributed by atoms with Crippen LogP contribution in [0.1, 0.15) is 11.2 Å². The van der Waals surface area contributed by atoms with E-state index in [1.165, 1.54) is 50.0 Å². The first-order valence-electron chi connectivity index (χ1n) is 7.01. The zero-order valence-electron chi connectivity index (χ0n) is 13.4. The molecule has 0 bridgehead atoms. The van der Waals surface area contributed by atoms with Crippen molar-refractivity contribution in [2.24, 2.45) is 0 Å². The summed E-state index contributed by atoms with van der Waals surface area (Å²) in [6.07, 6.45) is -5.07. The van der Waals surface area contributed by atoms with Crippen LogP contribution in [0, 0.1) is 0 Å². The number of hydrogen-bond acceptors (Lipinski definition) is 1. The first kappa shape index (κ1) is 21.8. The van der Waals surface area contributed by atoms with Crippen LogP contribution in [-0.2, 0) is 5.21 Å². The van der Waals surface area contributed by atoms with Gasteiger partial charge < -0.3 is 0 Å². The number of rotatable bonds is 7. The van der Waals surface area contributed by atoms with Gasteiger partial charge in [-0.15, -0.1) is 5.21 Å². The first-order chi connectivity index (χ1) is 11.1. The van der Waals surface area contributed by atoms with Gasteiger partial charge >= 0.3 is 24.3 Å². The van der Waals surface area contributed by atoms with Gasteiger partial charge in [0.05, 0.1) is 13.7 Å². The van der Waals surface area contributed by atoms with Crippen LogP contribution in [0.2, 0.25) is 19.6 Å². The molecule has 1 unspecified atom stereocenters. The van der Waals surface area contributed by atoms with Crippen LogP contribution in [0.15, 0.2) is 30.3 Å². The van der Waals surface area contributed by atoms with Crippen molar-refractivity contribution in [3.05, 3.63) is 35.9 Å². The Morgan fingerprint density at radius 3 is 1.72 bits per heavy atom. The van der Waals surface area contributed by atoms with Gasteiger partial charge in [0.15, 0.2) is 0 Å². The minimum Gasteiger partial charge on any atom is -0.203 e. The minimum absolute atomic E-state index is 0.0903. The predicted molar refractivity (Wildman–Crippen MR) is 75.9 cm³/mol.